The number of anilines is 1. The van der Waals surface area contributed by atoms with E-state index in [2.05, 4.69) is 40.1 Å². The molecular weight excluding hydrogens is 339 g/mol. The van der Waals surface area contributed by atoms with Gasteiger partial charge in [-0.25, -0.2) is 0 Å². The van der Waals surface area contributed by atoms with Gasteiger partial charge >= 0.3 is 0 Å². The maximum atomic E-state index is 11.8. The summed E-state index contributed by atoms with van der Waals surface area (Å²) in [7, 11) is 0. The first-order valence-corrected chi connectivity index (χ1v) is 7.52. The second kappa shape index (κ2) is 6.52. The van der Waals surface area contributed by atoms with E-state index in [1.165, 1.54) is 22.0 Å². The second-order valence-electron chi connectivity index (χ2n) is 4.84. The first-order chi connectivity index (χ1) is 8.65. The van der Waals surface area contributed by atoms with Crippen molar-refractivity contribution in [3.8, 4) is 0 Å². The van der Waals surface area contributed by atoms with Gasteiger partial charge in [0.15, 0.2) is 0 Å². The fourth-order valence-electron chi connectivity index (χ4n) is 2.20. The van der Waals surface area contributed by atoms with Crippen molar-refractivity contribution in [2.24, 2.45) is 0 Å². The molecule has 0 spiro atoms. The van der Waals surface area contributed by atoms with Crippen molar-refractivity contribution in [3.63, 3.8) is 0 Å². The number of carbonyl (C=O) groups is 1. The molecule has 0 radical (unpaired) electrons. The molecule has 0 bridgehead atoms. The molecule has 1 fully saturated rings. The molecule has 1 aromatic carbocycles. The Bertz CT molecular complexity index is 428. The fourth-order valence-corrected chi connectivity index (χ4v) is 2.72. The molecule has 2 N–H and O–H groups in total. The summed E-state index contributed by atoms with van der Waals surface area (Å²) < 4.78 is 1.18. The van der Waals surface area contributed by atoms with Crippen LogP contribution in [0.3, 0.4) is 0 Å². The lowest BCUT2D eigenvalue weighted by molar-refractivity contribution is -0.116. The van der Waals surface area contributed by atoms with Crippen molar-refractivity contribution >= 4 is 34.2 Å². The van der Waals surface area contributed by atoms with Crippen LogP contribution in [-0.2, 0) is 4.79 Å². The number of hydrogen-bond acceptors (Lipinski definition) is 2. The van der Waals surface area contributed by atoms with E-state index < -0.39 is 0 Å². The molecule has 98 valence electrons. The van der Waals surface area contributed by atoms with Gasteiger partial charge in [-0.15, -0.1) is 0 Å². The standard InChI is InChI=1S/C14H19IN2O/c1-10-4-5-12(9-13(10)15)17-14(18)7-6-11-3-2-8-16-11/h4-5,9,11,16H,2-3,6-8H2,1H3,(H,17,18). The minimum absolute atomic E-state index is 0.114. The highest BCUT2D eigenvalue weighted by Crippen LogP contribution is 2.18. The van der Waals surface area contributed by atoms with Gasteiger partial charge in [0.2, 0.25) is 5.91 Å². The van der Waals surface area contributed by atoms with Gasteiger partial charge in [0.05, 0.1) is 0 Å². The maximum Gasteiger partial charge on any atom is 0.224 e. The molecule has 0 saturated carbocycles. The van der Waals surface area contributed by atoms with Crippen LogP contribution in [0, 0.1) is 10.5 Å². The third-order valence-corrected chi connectivity index (χ3v) is 4.50. The summed E-state index contributed by atoms with van der Waals surface area (Å²) in [4.78, 5) is 11.8. The Labute approximate surface area is 122 Å². The molecule has 1 aromatic rings. The third-order valence-electron chi connectivity index (χ3n) is 3.34. The van der Waals surface area contributed by atoms with Crippen LogP contribution in [0.5, 0.6) is 0 Å². The van der Waals surface area contributed by atoms with Gasteiger partial charge in [0.1, 0.15) is 0 Å². The molecule has 3 nitrogen and oxygen atoms in total. The molecule has 1 aliphatic heterocycles. The molecule has 1 aliphatic rings. The van der Waals surface area contributed by atoms with Crippen molar-refractivity contribution in [2.45, 2.75) is 38.6 Å². The third kappa shape index (κ3) is 3.95. The van der Waals surface area contributed by atoms with E-state index in [-0.39, 0.29) is 5.91 Å². The highest BCUT2D eigenvalue weighted by Gasteiger charge is 2.15. The number of hydrogen-bond donors (Lipinski definition) is 2. The zero-order valence-electron chi connectivity index (χ0n) is 10.6. The molecular formula is C14H19IN2O. The second-order valence-corrected chi connectivity index (χ2v) is 6.01. The van der Waals surface area contributed by atoms with Crippen molar-refractivity contribution in [3.05, 3.63) is 27.3 Å². The number of halogens is 1. The molecule has 2 rings (SSSR count). The van der Waals surface area contributed by atoms with E-state index >= 15 is 0 Å². The van der Waals surface area contributed by atoms with Crippen LogP contribution >= 0.6 is 22.6 Å². The predicted octanol–water partition coefficient (Wildman–Crippen LogP) is 3.07. The Balaban J connectivity index is 1.80. The van der Waals surface area contributed by atoms with Crippen LogP contribution < -0.4 is 10.6 Å². The lowest BCUT2D eigenvalue weighted by Gasteiger charge is -2.10. The Hall–Kier alpha value is -0.620. The Kier molecular flexibility index (Phi) is 5.00. The molecule has 1 saturated heterocycles. The summed E-state index contributed by atoms with van der Waals surface area (Å²) >= 11 is 2.29. The van der Waals surface area contributed by atoms with Gasteiger partial charge in [-0.1, -0.05) is 6.07 Å². The zero-order chi connectivity index (χ0) is 13.0. The molecule has 1 unspecified atom stereocenters. The first kappa shape index (κ1) is 13.8. The van der Waals surface area contributed by atoms with E-state index in [0.29, 0.717) is 12.5 Å². The monoisotopic (exact) mass is 358 g/mol. The van der Waals surface area contributed by atoms with Gasteiger partial charge in [-0.3, -0.25) is 4.79 Å². The molecule has 18 heavy (non-hydrogen) atoms. The summed E-state index contributed by atoms with van der Waals surface area (Å²) in [5.41, 5.74) is 2.14. The number of nitrogens with one attached hydrogen (secondary N) is 2. The van der Waals surface area contributed by atoms with Crippen molar-refractivity contribution in [1.82, 2.24) is 5.32 Å². The lowest BCUT2D eigenvalue weighted by atomic mass is 10.1. The highest BCUT2D eigenvalue weighted by atomic mass is 127. The average molecular weight is 358 g/mol. The number of aryl methyl sites for hydroxylation is 1. The van der Waals surface area contributed by atoms with E-state index in [1.54, 1.807) is 0 Å². The minimum atomic E-state index is 0.114. The summed E-state index contributed by atoms with van der Waals surface area (Å²) in [6, 6.07) is 6.55. The Morgan fingerprint density at radius 1 is 1.56 bits per heavy atom. The van der Waals surface area contributed by atoms with Crippen molar-refractivity contribution in [2.75, 3.05) is 11.9 Å². The van der Waals surface area contributed by atoms with E-state index in [4.69, 9.17) is 0 Å². The normalized spacial score (nSPS) is 18.9. The largest absolute Gasteiger partial charge is 0.326 e. The lowest BCUT2D eigenvalue weighted by Crippen LogP contribution is -2.23. The van der Waals surface area contributed by atoms with E-state index in [1.807, 2.05) is 18.2 Å². The van der Waals surface area contributed by atoms with E-state index in [9.17, 15) is 4.79 Å². The summed E-state index contributed by atoms with van der Waals surface area (Å²) in [6.07, 6.45) is 3.98. The predicted molar refractivity (Wildman–Crippen MR) is 82.8 cm³/mol. The first-order valence-electron chi connectivity index (χ1n) is 6.44. The smallest absolute Gasteiger partial charge is 0.224 e. The van der Waals surface area contributed by atoms with Gasteiger partial charge in [0.25, 0.3) is 0 Å². The number of rotatable bonds is 4. The van der Waals surface area contributed by atoms with E-state index in [0.717, 1.165) is 18.7 Å². The van der Waals surface area contributed by atoms with Gasteiger partial charge < -0.3 is 10.6 Å². The van der Waals surface area contributed by atoms with Crippen molar-refractivity contribution < 1.29 is 4.79 Å². The minimum Gasteiger partial charge on any atom is -0.326 e. The Morgan fingerprint density at radius 3 is 3.06 bits per heavy atom. The van der Waals surface area contributed by atoms with Crippen LogP contribution in [0.4, 0.5) is 5.69 Å². The number of carbonyl (C=O) groups excluding carboxylic acids is 1. The highest BCUT2D eigenvalue weighted by molar-refractivity contribution is 14.1. The quantitative estimate of drug-likeness (QED) is 0.813. The summed E-state index contributed by atoms with van der Waals surface area (Å²) in [5, 5.41) is 6.37. The summed E-state index contributed by atoms with van der Waals surface area (Å²) in [6.45, 7) is 3.17. The van der Waals surface area contributed by atoms with Crippen LogP contribution in [0.1, 0.15) is 31.2 Å². The number of benzene rings is 1. The molecule has 4 heteroatoms. The maximum absolute atomic E-state index is 11.8. The average Bonchev–Trinajstić information content (AvgIpc) is 2.84. The Morgan fingerprint density at radius 2 is 2.39 bits per heavy atom. The van der Waals surface area contributed by atoms with Gasteiger partial charge in [0, 0.05) is 21.7 Å². The van der Waals surface area contributed by atoms with Crippen LogP contribution in [0.2, 0.25) is 0 Å². The topological polar surface area (TPSA) is 41.1 Å². The molecule has 1 amide bonds. The van der Waals surface area contributed by atoms with Gasteiger partial charge in [-0.05, 0) is 73.0 Å². The van der Waals surface area contributed by atoms with Crippen LogP contribution in [0.25, 0.3) is 0 Å². The van der Waals surface area contributed by atoms with Crippen molar-refractivity contribution in [1.29, 1.82) is 0 Å². The number of amides is 1. The molecule has 1 heterocycles. The SMILES string of the molecule is Cc1ccc(NC(=O)CCC2CCCN2)cc1I. The van der Waals surface area contributed by atoms with Crippen LogP contribution in [0.15, 0.2) is 18.2 Å². The van der Waals surface area contributed by atoms with Gasteiger partial charge in [-0.2, -0.15) is 0 Å². The molecule has 0 aromatic heterocycles. The molecule has 0 aliphatic carbocycles. The fraction of sp³-hybridized carbons (Fsp3) is 0.500. The van der Waals surface area contributed by atoms with Crippen LogP contribution in [-0.4, -0.2) is 18.5 Å². The summed E-state index contributed by atoms with van der Waals surface area (Å²) in [5.74, 6) is 0.114. The molecule has 1 atom stereocenters. The zero-order valence-corrected chi connectivity index (χ0v) is 12.8.